The molecular formula is C10H13F2. The standard InChI is InChI=1S/C10H13F2/c11-10(12)8-2-6-1-7(4-8)5-9(10)3-6/h6-8H,1-5H2. The van der Waals surface area contributed by atoms with Crippen molar-refractivity contribution in [1.29, 1.82) is 0 Å². The summed E-state index contributed by atoms with van der Waals surface area (Å²) in [7, 11) is 0. The van der Waals surface area contributed by atoms with Crippen molar-refractivity contribution in [3.8, 4) is 0 Å². The molecule has 0 aromatic heterocycles. The molecule has 2 atom stereocenters. The van der Waals surface area contributed by atoms with Crippen LogP contribution in [0.4, 0.5) is 8.78 Å². The van der Waals surface area contributed by atoms with Crippen LogP contribution in [-0.2, 0) is 0 Å². The second kappa shape index (κ2) is 2.02. The zero-order chi connectivity index (χ0) is 8.34. The third-order valence-electron chi connectivity index (χ3n) is 3.96. The van der Waals surface area contributed by atoms with Crippen LogP contribution >= 0.6 is 0 Å². The molecule has 2 heteroatoms. The Morgan fingerprint density at radius 2 is 1.58 bits per heavy atom. The molecule has 12 heavy (non-hydrogen) atoms. The van der Waals surface area contributed by atoms with Crippen molar-refractivity contribution in [1.82, 2.24) is 0 Å². The van der Waals surface area contributed by atoms with Crippen molar-refractivity contribution >= 4 is 0 Å². The van der Waals surface area contributed by atoms with Crippen molar-refractivity contribution in [3.05, 3.63) is 5.92 Å². The van der Waals surface area contributed by atoms with Gasteiger partial charge in [-0.1, -0.05) is 0 Å². The Hall–Kier alpha value is -0.140. The lowest BCUT2D eigenvalue weighted by molar-refractivity contribution is -0.133. The molecule has 4 rings (SSSR count). The van der Waals surface area contributed by atoms with Crippen LogP contribution in [0.2, 0.25) is 0 Å². The second-order valence-electron chi connectivity index (χ2n) is 4.77. The molecule has 0 aromatic carbocycles. The highest BCUT2D eigenvalue weighted by molar-refractivity contribution is 5.18. The Morgan fingerprint density at radius 1 is 1.00 bits per heavy atom. The van der Waals surface area contributed by atoms with E-state index in [9.17, 15) is 8.78 Å². The molecule has 1 radical (unpaired) electrons. The number of hydrogen-bond acceptors (Lipinski definition) is 0. The number of halogens is 2. The van der Waals surface area contributed by atoms with Crippen LogP contribution in [-0.4, -0.2) is 5.92 Å². The predicted molar refractivity (Wildman–Crippen MR) is 41.7 cm³/mol. The molecule has 0 heterocycles. The Kier molecular flexibility index (Phi) is 1.23. The van der Waals surface area contributed by atoms with Gasteiger partial charge >= 0.3 is 0 Å². The van der Waals surface area contributed by atoms with Gasteiger partial charge in [-0.3, -0.25) is 0 Å². The average Bonchev–Trinajstić information content (AvgIpc) is 1.99. The molecule has 4 saturated carbocycles. The highest BCUT2D eigenvalue weighted by Gasteiger charge is 2.59. The van der Waals surface area contributed by atoms with Gasteiger partial charge in [-0.25, -0.2) is 8.78 Å². The summed E-state index contributed by atoms with van der Waals surface area (Å²) in [5.74, 6) is -0.827. The van der Waals surface area contributed by atoms with Crippen LogP contribution in [0.25, 0.3) is 0 Å². The van der Waals surface area contributed by atoms with Gasteiger partial charge in [0, 0.05) is 11.8 Å². The van der Waals surface area contributed by atoms with E-state index in [2.05, 4.69) is 0 Å². The quantitative estimate of drug-likeness (QED) is 0.525. The first-order valence-corrected chi connectivity index (χ1v) is 4.89. The summed E-state index contributed by atoms with van der Waals surface area (Å²) in [5.41, 5.74) is 0. The Morgan fingerprint density at radius 3 is 2.08 bits per heavy atom. The summed E-state index contributed by atoms with van der Waals surface area (Å²) >= 11 is 0. The van der Waals surface area contributed by atoms with Crippen molar-refractivity contribution in [2.24, 2.45) is 17.8 Å². The van der Waals surface area contributed by atoms with E-state index in [4.69, 9.17) is 0 Å². The van der Waals surface area contributed by atoms with Gasteiger partial charge in [-0.2, -0.15) is 0 Å². The van der Waals surface area contributed by atoms with Crippen molar-refractivity contribution < 1.29 is 8.78 Å². The van der Waals surface area contributed by atoms with Gasteiger partial charge in [-0.05, 0) is 43.9 Å². The zero-order valence-electron chi connectivity index (χ0n) is 7.02. The van der Waals surface area contributed by atoms with E-state index in [0.717, 1.165) is 25.7 Å². The lowest BCUT2D eigenvalue weighted by atomic mass is 9.54. The van der Waals surface area contributed by atoms with Gasteiger partial charge in [0.05, 0.1) is 0 Å². The average molecular weight is 171 g/mol. The molecule has 4 bridgehead atoms. The highest BCUT2D eigenvalue weighted by atomic mass is 19.3. The minimum atomic E-state index is -2.38. The van der Waals surface area contributed by atoms with E-state index in [1.807, 2.05) is 0 Å². The van der Waals surface area contributed by atoms with Crippen LogP contribution < -0.4 is 0 Å². The molecule has 0 amide bonds. The monoisotopic (exact) mass is 171 g/mol. The highest BCUT2D eigenvalue weighted by Crippen LogP contribution is 2.61. The molecule has 0 aromatic rings. The fourth-order valence-corrected chi connectivity index (χ4v) is 3.54. The first-order chi connectivity index (χ1) is 5.66. The number of hydrogen-bond donors (Lipinski definition) is 0. The summed E-state index contributed by atoms with van der Waals surface area (Å²) in [6, 6.07) is 0. The third-order valence-corrected chi connectivity index (χ3v) is 3.96. The maximum Gasteiger partial charge on any atom is 0.257 e. The Labute approximate surface area is 71.3 Å². The molecule has 0 nitrogen and oxygen atoms in total. The third kappa shape index (κ3) is 0.763. The maximum atomic E-state index is 13.5. The first kappa shape index (κ1) is 7.28. The molecule has 0 spiro atoms. The van der Waals surface area contributed by atoms with Crippen molar-refractivity contribution in [2.75, 3.05) is 0 Å². The fourth-order valence-electron chi connectivity index (χ4n) is 3.54. The predicted octanol–water partition coefficient (Wildman–Crippen LogP) is 3.04. The molecular weight excluding hydrogens is 158 g/mol. The summed E-state index contributed by atoms with van der Waals surface area (Å²) in [6.07, 6.45) is 4.30. The summed E-state index contributed by atoms with van der Waals surface area (Å²) < 4.78 is 26.9. The lowest BCUT2D eigenvalue weighted by Crippen LogP contribution is -2.51. The van der Waals surface area contributed by atoms with Crippen LogP contribution in [0.1, 0.15) is 32.1 Å². The molecule has 4 fully saturated rings. The van der Waals surface area contributed by atoms with Crippen molar-refractivity contribution in [2.45, 2.75) is 38.0 Å². The van der Waals surface area contributed by atoms with Crippen LogP contribution in [0.3, 0.4) is 0 Å². The minimum Gasteiger partial charge on any atom is -0.206 e. The van der Waals surface area contributed by atoms with Crippen molar-refractivity contribution in [3.63, 3.8) is 0 Å². The maximum absolute atomic E-state index is 13.5. The van der Waals surface area contributed by atoms with Gasteiger partial charge in [0.25, 0.3) is 5.92 Å². The van der Waals surface area contributed by atoms with Gasteiger partial charge in [-0.15, -0.1) is 0 Å². The molecule has 4 aliphatic rings. The Balaban J connectivity index is 1.96. The van der Waals surface area contributed by atoms with Gasteiger partial charge in [0.2, 0.25) is 0 Å². The van der Waals surface area contributed by atoms with E-state index in [-0.39, 0.29) is 5.92 Å². The lowest BCUT2D eigenvalue weighted by Gasteiger charge is -2.53. The number of rotatable bonds is 0. The molecule has 0 aliphatic heterocycles. The largest absolute Gasteiger partial charge is 0.257 e. The summed E-state index contributed by atoms with van der Waals surface area (Å²) in [6.45, 7) is 0. The number of alkyl halides is 2. The van der Waals surface area contributed by atoms with Crippen LogP contribution in [0.5, 0.6) is 0 Å². The van der Waals surface area contributed by atoms with Gasteiger partial charge in [0.1, 0.15) is 0 Å². The van der Waals surface area contributed by atoms with E-state index >= 15 is 0 Å². The topological polar surface area (TPSA) is 0 Å². The van der Waals surface area contributed by atoms with E-state index < -0.39 is 5.92 Å². The molecule has 4 aliphatic carbocycles. The van der Waals surface area contributed by atoms with Gasteiger partial charge in [0.15, 0.2) is 0 Å². The summed E-state index contributed by atoms with van der Waals surface area (Å²) in [4.78, 5) is 0. The molecule has 67 valence electrons. The zero-order valence-corrected chi connectivity index (χ0v) is 7.02. The van der Waals surface area contributed by atoms with E-state index in [0.29, 0.717) is 17.8 Å². The molecule has 2 unspecified atom stereocenters. The van der Waals surface area contributed by atoms with Crippen LogP contribution in [0, 0.1) is 23.7 Å². The SMILES string of the molecule is FC1(F)[C]2CC3CC(C2)CC1C3. The normalized spacial score (nSPS) is 50.0. The van der Waals surface area contributed by atoms with E-state index in [1.54, 1.807) is 0 Å². The van der Waals surface area contributed by atoms with Crippen LogP contribution in [0.15, 0.2) is 0 Å². The van der Waals surface area contributed by atoms with Gasteiger partial charge < -0.3 is 0 Å². The Bertz CT molecular complexity index is 180. The fraction of sp³-hybridized carbons (Fsp3) is 0.900. The van der Waals surface area contributed by atoms with E-state index in [1.165, 1.54) is 6.42 Å². The molecule has 0 saturated heterocycles. The minimum absolute atomic E-state index is 0.279. The summed E-state index contributed by atoms with van der Waals surface area (Å²) in [5, 5.41) is 0. The smallest absolute Gasteiger partial charge is 0.206 e. The first-order valence-electron chi connectivity index (χ1n) is 4.89. The molecule has 0 N–H and O–H groups in total. The second-order valence-corrected chi connectivity index (χ2v) is 4.77.